The Balaban J connectivity index is 1.84. The summed E-state index contributed by atoms with van der Waals surface area (Å²) in [6.07, 6.45) is 2.21. The molecule has 5 heteroatoms. The molecule has 1 saturated heterocycles. The van der Waals surface area contributed by atoms with Gasteiger partial charge >= 0.3 is 0 Å². The van der Waals surface area contributed by atoms with Crippen molar-refractivity contribution in [2.45, 2.75) is 44.1 Å². The average Bonchev–Trinajstić information content (AvgIpc) is 2.67. The third-order valence-electron chi connectivity index (χ3n) is 5.73. The first-order chi connectivity index (χ1) is 13.0. The summed E-state index contributed by atoms with van der Waals surface area (Å²) in [5.74, 6) is -0.666. The molecule has 3 rings (SSSR count). The molecular formula is C22H25F2NO2. The maximum Gasteiger partial charge on any atom is 0.223 e. The third kappa shape index (κ3) is 4.03. The Bertz CT molecular complexity index is 793. The zero-order valence-electron chi connectivity index (χ0n) is 15.5. The van der Waals surface area contributed by atoms with Gasteiger partial charge in [0.2, 0.25) is 5.91 Å². The highest BCUT2D eigenvalue weighted by atomic mass is 19.1. The van der Waals surface area contributed by atoms with Gasteiger partial charge in [-0.15, -0.1) is 0 Å². The Morgan fingerprint density at radius 3 is 2.48 bits per heavy atom. The number of carbonyl (C=O) groups excluding carboxylic acids is 1. The highest BCUT2D eigenvalue weighted by Crippen LogP contribution is 2.42. The van der Waals surface area contributed by atoms with Crippen molar-refractivity contribution in [3.8, 4) is 0 Å². The molecule has 1 N–H and O–H groups in total. The van der Waals surface area contributed by atoms with E-state index in [1.165, 1.54) is 18.2 Å². The van der Waals surface area contributed by atoms with Gasteiger partial charge in [-0.3, -0.25) is 4.79 Å². The summed E-state index contributed by atoms with van der Waals surface area (Å²) in [7, 11) is 0. The first kappa shape index (κ1) is 19.5. The van der Waals surface area contributed by atoms with Gasteiger partial charge in [0.1, 0.15) is 11.6 Å². The monoisotopic (exact) mass is 373 g/mol. The Morgan fingerprint density at radius 2 is 1.85 bits per heavy atom. The average molecular weight is 373 g/mol. The number of nitrogens with zero attached hydrogens (tertiary/aromatic N) is 1. The number of hydrogen-bond acceptors (Lipinski definition) is 2. The second-order valence-electron chi connectivity index (χ2n) is 7.33. The van der Waals surface area contributed by atoms with E-state index >= 15 is 0 Å². The minimum atomic E-state index is -0.418. The smallest absolute Gasteiger partial charge is 0.223 e. The molecule has 27 heavy (non-hydrogen) atoms. The Labute approximate surface area is 158 Å². The molecule has 1 unspecified atom stereocenters. The maximum atomic E-state index is 14.1. The third-order valence-corrected chi connectivity index (χ3v) is 5.73. The summed E-state index contributed by atoms with van der Waals surface area (Å²) in [6.45, 7) is 2.39. The lowest BCUT2D eigenvalue weighted by atomic mass is 9.69. The second-order valence-corrected chi connectivity index (χ2v) is 7.33. The number of halogens is 2. The fraction of sp³-hybridized carbons (Fsp3) is 0.409. The van der Waals surface area contributed by atoms with Gasteiger partial charge in [-0.05, 0) is 49.9 Å². The molecule has 144 valence electrons. The van der Waals surface area contributed by atoms with Crippen LogP contribution in [0.2, 0.25) is 0 Å². The predicted octanol–water partition coefficient (Wildman–Crippen LogP) is 4.36. The van der Waals surface area contributed by atoms with Crippen molar-refractivity contribution in [2.75, 3.05) is 13.2 Å². The van der Waals surface area contributed by atoms with E-state index in [0.717, 1.165) is 5.56 Å². The first-order valence-corrected chi connectivity index (χ1v) is 9.38. The number of piperidine rings is 1. The number of rotatable bonds is 6. The van der Waals surface area contributed by atoms with Crippen LogP contribution in [0.3, 0.4) is 0 Å². The van der Waals surface area contributed by atoms with Crippen molar-refractivity contribution in [2.24, 2.45) is 0 Å². The van der Waals surface area contributed by atoms with E-state index < -0.39 is 5.41 Å². The van der Waals surface area contributed by atoms with E-state index in [1.54, 1.807) is 35.2 Å². The number of benzene rings is 2. The second kappa shape index (κ2) is 8.17. The van der Waals surface area contributed by atoms with E-state index in [0.29, 0.717) is 31.4 Å². The molecule has 1 amide bonds. The van der Waals surface area contributed by atoms with Crippen molar-refractivity contribution in [1.82, 2.24) is 4.90 Å². The molecular weight excluding hydrogens is 348 g/mol. The number of carbonyl (C=O) groups is 1. The molecule has 0 spiro atoms. The van der Waals surface area contributed by atoms with Gasteiger partial charge in [0.25, 0.3) is 0 Å². The quantitative estimate of drug-likeness (QED) is 0.817. The number of aliphatic hydroxyl groups excluding tert-OH is 1. The Hall–Kier alpha value is -2.27. The van der Waals surface area contributed by atoms with Crippen LogP contribution < -0.4 is 0 Å². The lowest BCUT2D eigenvalue weighted by Gasteiger charge is -2.44. The molecule has 2 aromatic carbocycles. The van der Waals surface area contributed by atoms with Crippen LogP contribution in [0.15, 0.2) is 48.5 Å². The Kier molecular flexibility index (Phi) is 5.90. The van der Waals surface area contributed by atoms with Gasteiger partial charge < -0.3 is 10.0 Å². The molecule has 2 aromatic rings. The number of likely N-dealkylation sites (tertiary alicyclic amines) is 1. The molecule has 0 radical (unpaired) electrons. The van der Waals surface area contributed by atoms with Gasteiger partial charge in [-0.25, -0.2) is 8.78 Å². The van der Waals surface area contributed by atoms with Crippen LogP contribution in [0, 0.1) is 11.6 Å². The van der Waals surface area contributed by atoms with Crippen LogP contribution in [-0.2, 0) is 10.2 Å². The summed E-state index contributed by atoms with van der Waals surface area (Å²) in [4.78, 5) is 14.7. The largest absolute Gasteiger partial charge is 0.396 e. The number of hydrogen-bond donors (Lipinski definition) is 1. The van der Waals surface area contributed by atoms with Crippen LogP contribution in [0.4, 0.5) is 8.78 Å². The molecule has 1 fully saturated rings. The fourth-order valence-corrected chi connectivity index (χ4v) is 4.16. The zero-order valence-corrected chi connectivity index (χ0v) is 15.5. The normalized spacial score (nSPS) is 21.3. The topological polar surface area (TPSA) is 40.5 Å². The fourth-order valence-electron chi connectivity index (χ4n) is 4.16. The van der Waals surface area contributed by atoms with Crippen LogP contribution in [0.1, 0.15) is 49.8 Å². The standard InChI is InChI=1S/C22H25F2NO2/c1-16(19-5-2-3-6-20(19)24)25-13-12-22(11-4-14-26,15-21(25)27)17-7-9-18(23)10-8-17/h2-3,5-10,16,26H,4,11-15H2,1H3/t16-,22?/m0/s1. The minimum absolute atomic E-state index is 0.0423. The molecule has 1 heterocycles. The lowest BCUT2D eigenvalue weighted by Crippen LogP contribution is -2.47. The molecule has 0 aliphatic carbocycles. The van der Waals surface area contributed by atoms with Gasteiger partial charge in [-0.2, -0.15) is 0 Å². The van der Waals surface area contributed by atoms with Gasteiger partial charge in [0, 0.05) is 30.6 Å². The molecule has 2 atom stereocenters. The van der Waals surface area contributed by atoms with Gasteiger partial charge in [0.15, 0.2) is 0 Å². The van der Waals surface area contributed by atoms with Crippen molar-refractivity contribution in [1.29, 1.82) is 0 Å². The summed E-state index contributed by atoms with van der Waals surface area (Å²) >= 11 is 0. The van der Waals surface area contributed by atoms with Crippen molar-refractivity contribution in [3.05, 3.63) is 71.3 Å². The zero-order chi connectivity index (χ0) is 19.4. The molecule has 3 nitrogen and oxygen atoms in total. The summed E-state index contributed by atoms with van der Waals surface area (Å²) in [6, 6.07) is 12.5. The van der Waals surface area contributed by atoms with Crippen molar-refractivity contribution < 1.29 is 18.7 Å². The van der Waals surface area contributed by atoms with E-state index in [2.05, 4.69) is 0 Å². The number of aliphatic hydroxyl groups is 1. The van der Waals surface area contributed by atoms with E-state index in [1.807, 2.05) is 6.92 Å². The van der Waals surface area contributed by atoms with E-state index in [4.69, 9.17) is 0 Å². The molecule has 0 saturated carbocycles. The van der Waals surface area contributed by atoms with Crippen molar-refractivity contribution >= 4 is 5.91 Å². The van der Waals surface area contributed by atoms with Crippen LogP contribution in [-0.4, -0.2) is 29.1 Å². The van der Waals surface area contributed by atoms with Gasteiger partial charge in [-0.1, -0.05) is 30.3 Å². The highest BCUT2D eigenvalue weighted by Gasteiger charge is 2.41. The number of amides is 1. The molecule has 0 bridgehead atoms. The molecule has 1 aliphatic heterocycles. The van der Waals surface area contributed by atoms with E-state index in [9.17, 15) is 18.7 Å². The lowest BCUT2D eigenvalue weighted by molar-refractivity contribution is -0.138. The molecule has 1 aliphatic rings. The van der Waals surface area contributed by atoms with Crippen LogP contribution >= 0.6 is 0 Å². The maximum absolute atomic E-state index is 14.1. The summed E-state index contributed by atoms with van der Waals surface area (Å²) in [5.41, 5.74) is 1.01. The highest BCUT2D eigenvalue weighted by molar-refractivity contribution is 5.79. The summed E-state index contributed by atoms with van der Waals surface area (Å²) in [5, 5.41) is 9.29. The molecule has 0 aromatic heterocycles. The first-order valence-electron chi connectivity index (χ1n) is 9.38. The SMILES string of the molecule is C[C@@H](c1ccccc1F)N1CCC(CCCO)(c2ccc(F)cc2)CC1=O. The summed E-state index contributed by atoms with van der Waals surface area (Å²) < 4.78 is 27.5. The van der Waals surface area contributed by atoms with Crippen LogP contribution in [0.5, 0.6) is 0 Å². The van der Waals surface area contributed by atoms with E-state index in [-0.39, 0.29) is 36.6 Å². The van der Waals surface area contributed by atoms with Crippen LogP contribution in [0.25, 0.3) is 0 Å². The predicted molar refractivity (Wildman–Crippen MR) is 100 cm³/mol. The van der Waals surface area contributed by atoms with Crippen molar-refractivity contribution in [3.63, 3.8) is 0 Å². The Morgan fingerprint density at radius 1 is 1.15 bits per heavy atom. The van der Waals surface area contributed by atoms with Gasteiger partial charge in [0.05, 0.1) is 6.04 Å². The minimum Gasteiger partial charge on any atom is -0.396 e.